The molecule has 0 spiro atoms. The molecule has 1 aromatic heterocycles. The number of aromatic amines is 2. The normalized spacial score (nSPS) is 10.0. The fraction of sp³-hybridized carbons (Fsp3) is 0.500. The van der Waals surface area contributed by atoms with Gasteiger partial charge >= 0.3 is 5.69 Å². The van der Waals surface area contributed by atoms with Gasteiger partial charge in [0, 0.05) is 13.6 Å². The molecule has 7 nitrogen and oxygen atoms in total. The van der Waals surface area contributed by atoms with Crippen LogP contribution in [0.25, 0.3) is 0 Å². The van der Waals surface area contributed by atoms with E-state index in [0.717, 1.165) is 0 Å². The van der Waals surface area contributed by atoms with Gasteiger partial charge in [0.15, 0.2) is 0 Å². The van der Waals surface area contributed by atoms with Crippen LogP contribution < -0.4 is 16.1 Å². The number of likely N-dealkylation sites (N-methyl/N-ethyl adjacent to an activating group) is 1. The summed E-state index contributed by atoms with van der Waals surface area (Å²) in [5.41, 5.74) is -1.22. The molecule has 0 unspecified atom stereocenters. The van der Waals surface area contributed by atoms with E-state index in [1.807, 2.05) is 4.98 Å². The van der Waals surface area contributed by atoms with Crippen LogP contribution in [0.15, 0.2) is 9.59 Å². The summed E-state index contributed by atoms with van der Waals surface area (Å²) in [7, 11) is 1.59. The number of H-pyrrole nitrogens is 2. The molecule has 13 heavy (non-hydrogen) atoms. The Kier molecular flexibility index (Phi) is 2.80. The van der Waals surface area contributed by atoms with E-state index in [4.69, 9.17) is 5.11 Å². The Morgan fingerprint density at radius 3 is 2.77 bits per heavy atom. The fourth-order valence-electron chi connectivity index (χ4n) is 0.856. The minimum atomic E-state index is -0.647. The smallest absolute Gasteiger partial charge is 0.342 e. The van der Waals surface area contributed by atoms with E-state index in [1.54, 1.807) is 7.05 Å². The summed E-state index contributed by atoms with van der Waals surface area (Å²) >= 11 is 0. The van der Waals surface area contributed by atoms with Gasteiger partial charge in [-0.2, -0.15) is 0 Å². The van der Waals surface area contributed by atoms with Crippen molar-refractivity contribution in [3.63, 3.8) is 0 Å². The van der Waals surface area contributed by atoms with E-state index in [2.05, 4.69) is 10.2 Å². The van der Waals surface area contributed by atoms with Crippen molar-refractivity contribution in [1.29, 1.82) is 0 Å². The Morgan fingerprint density at radius 1 is 1.54 bits per heavy atom. The first-order valence-corrected chi connectivity index (χ1v) is 3.66. The largest absolute Gasteiger partial charge is 0.395 e. The average Bonchev–Trinajstić information content (AvgIpc) is 2.04. The number of anilines is 1. The molecule has 0 aliphatic rings. The van der Waals surface area contributed by atoms with Gasteiger partial charge in [0.05, 0.1) is 6.61 Å². The van der Waals surface area contributed by atoms with Crippen LogP contribution in [0.5, 0.6) is 0 Å². The molecular weight excluding hydrogens is 176 g/mol. The molecule has 0 bridgehead atoms. The number of hydrogen-bond donors (Lipinski definition) is 3. The first kappa shape index (κ1) is 9.46. The lowest BCUT2D eigenvalue weighted by Gasteiger charge is -2.13. The van der Waals surface area contributed by atoms with Gasteiger partial charge in [-0.3, -0.25) is 9.78 Å². The standard InChI is InChI=1S/C6H10N4O3/c1-10(2-3-11)4-5(12)7-6(13)9-8-4/h11H,2-3H2,1H3,(H2,7,9,12,13). The lowest BCUT2D eigenvalue weighted by molar-refractivity contribution is 0.303. The average molecular weight is 186 g/mol. The molecule has 0 saturated carbocycles. The highest BCUT2D eigenvalue weighted by Gasteiger charge is 2.06. The van der Waals surface area contributed by atoms with Crippen molar-refractivity contribution < 1.29 is 5.11 Å². The van der Waals surface area contributed by atoms with Crippen LogP contribution in [-0.2, 0) is 0 Å². The van der Waals surface area contributed by atoms with Crippen LogP contribution in [0.3, 0.4) is 0 Å². The zero-order chi connectivity index (χ0) is 9.84. The number of aliphatic hydroxyl groups is 1. The van der Waals surface area contributed by atoms with Crippen molar-refractivity contribution in [1.82, 2.24) is 15.2 Å². The first-order valence-electron chi connectivity index (χ1n) is 3.66. The SMILES string of the molecule is CN(CCO)c1n[nH]c(=O)[nH]c1=O. The third-order valence-electron chi connectivity index (χ3n) is 1.49. The zero-order valence-electron chi connectivity index (χ0n) is 7.07. The second kappa shape index (κ2) is 3.85. The Bertz CT molecular complexity index is 382. The molecule has 3 N–H and O–H groups in total. The van der Waals surface area contributed by atoms with Gasteiger partial charge in [-0.1, -0.05) is 0 Å². The Morgan fingerprint density at radius 2 is 2.23 bits per heavy atom. The Hall–Kier alpha value is -1.63. The summed E-state index contributed by atoms with van der Waals surface area (Å²) in [6, 6.07) is 0. The van der Waals surface area contributed by atoms with Crippen molar-refractivity contribution in [3.05, 3.63) is 20.8 Å². The predicted molar refractivity (Wildman–Crippen MR) is 45.8 cm³/mol. The number of aromatic nitrogens is 3. The molecule has 0 fully saturated rings. The van der Waals surface area contributed by atoms with Crippen LogP contribution in [-0.4, -0.2) is 40.5 Å². The molecule has 1 heterocycles. The number of rotatable bonds is 3. The summed E-state index contributed by atoms with van der Waals surface area (Å²) in [4.78, 5) is 25.1. The molecule has 0 aliphatic heterocycles. The molecule has 0 aliphatic carbocycles. The number of nitrogens with zero attached hydrogens (tertiary/aromatic N) is 2. The maximum Gasteiger partial charge on any atom is 0.342 e. The summed E-state index contributed by atoms with van der Waals surface area (Å²) in [6.45, 7) is 0.193. The van der Waals surface area contributed by atoms with Crippen LogP contribution in [0.1, 0.15) is 0 Å². The van der Waals surface area contributed by atoms with E-state index in [9.17, 15) is 9.59 Å². The third kappa shape index (κ3) is 2.15. The minimum absolute atomic E-state index is 0.0775. The van der Waals surface area contributed by atoms with Gasteiger partial charge in [0.1, 0.15) is 0 Å². The summed E-state index contributed by atoms with van der Waals surface area (Å²) in [5.74, 6) is 0.0775. The van der Waals surface area contributed by atoms with E-state index < -0.39 is 11.2 Å². The van der Waals surface area contributed by atoms with Gasteiger partial charge in [-0.15, -0.1) is 5.10 Å². The van der Waals surface area contributed by atoms with E-state index in [-0.39, 0.29) is 19.0 Å². The van der Waals surface area contributed by atoms with Gasteiger partial charge in [0.2, 0.25) is 5.82 Å². The highest BCUT2D eigenvalue weighted by Crippen LogP contribution is 1.94. The summed E-state index contributed by atoms with van der Waals surface area (Å²) in [5, 5.41) is 14.2. The second-order valence-electron chi connectivity index (χ2n) is 2.48. The molecule has 1 rings (SSSR count). The minimum Gasteiger partial charge on any atom is -0.395 e. The zero-order valence-corrected chi connectivity index (χ0v) is 7.07. The van der Waals surface area contributed by atoms with Crippen molar-refractivity contribution >= 4 is 5.82 Å². The quantitative estimate of drug-likeness (QED) is 0.501. The molecule has 0 atom stereocenters. The fourth-order valence-corrected chi connectivity index (χ4v) is 0.856. The van der Waals surface area contributed by atoms with Gasteiger partial charge < -0.3 is 10.0 Å². The van der Waals surface area contributed by atoms with Crippen molar-refractivity contribution in [2.24, 2.45) is 0 Å². The molecule has 72 valence electrons. The Balaban J connectivity index is 3.02. The molecule has 1 aromatic rings. The van der Waals surface area contributed by atoms with Crippen LogP contribution in [0, 0.1) is 0 Å². The van der Waals surface area contributed by atoms with Gasteiger partial charge in [-0.05, 0) is 0 Å². The highest BCUT2D eigenvalue weighted by atomic mass is 16.3. The molecule has 7 heteroatoms. The number of nitrogens with one attached hydrogen (secondary N) is 2. The Labute approximate surface area is 73.0 Å². The van der Waals surface area contributed by atoms with E-state index >= 15 is 0 Å². The lowest BCUT2D eigenvalue weighted by atomic mass is 10.5. The summed E-state index contributed by atoms with van der Waals surface area (Å²) < 4.78 is 0. The maximum absolute atomic E-state index is 11.1. The first-order chi connectivity index (χ1) is 6.15. The van der Waals surface area contributed by atoms with Gasteiger partial charge in [-0.25, -0.2) is 9.89 Å². The maximum atomic E-state index is 11.1. The predicted octanol–water partition coefficient (Wildman–Crippen LogP) is -2.11. The monoisotopic (exact) mass is 186 g/mol. The topological polar surface area (TPSA) is 102 Å². The number of hydrogen-bond acceptors (Lipinski definition) is 5. The van der Waals surface area contributed by atoms with E-state index in [1.165, 1.54) is 4.90 Å². The van der Waals surface area contributed by atoms with E-state index in [0.29, 0.717) is 0 Å². The molecule has 0 amide bonds. The number of aliphatic hydroxyl groups excluding tert-OH is 1. The molecule has 0 radical (unpaired) electrons. The molecule has 0 aromatic carbocycles. The lowest BCUT2D eigenvalue weighted by Crippen LogP contribution is -2.33. The van der Waals surface area contributed by atoms with Gasteiger partial charge in [0.25, 0.3) is 5.56 Å². The third-order valence-corrected chi connectivity index (χ3v) is 1.49. The van der Waals surface area contributed by atoms with Crippen LogP contribution in [0.2, 0.25) is 0 Å². The van der Waals surface area contributed by atoms with Crippen molar-refractivity contribution in [3.8, 4) is 0 Å². The van der Waals surface area contributed by atoms with Crippen molar-refractivity contribution in [2.45, 2.75) is 0 Å². The highest BCUT2D eigenvalue weighted by molar-refractivity contribution is 5.32. The van der Waals surface area contributed by atoms with Crippen molar-refractivity contribution in [2.75, 3.05) is 25.1 Å². The van der Waals surface area contributed by atoms with Crippen LogP contribution in [0.4, 0.5) is 5.82 Å². The summed E-state index contributed by atoms with van der Waals surface area (Å²) in [6.07, 6.45) is 0. The second-order valence-corrected chi connectivity index (χ2v) is 2.48. The van der Waals surface area contributed by atoms with Crippen LogP contribution >= 0.6 is 0 Å². The molecular formula is C6H10N4O3. The molecule has 0 saturated heterocycles.